The van der Waals surface area contributed by atoms with Crippen LogP contribution in [0.4, 0.5) is 0 Å². The van der Waals surface area contributed by atoms with Crippen molar-refractivity contribution in [1.82, 2.24) is 9.97 Å². The van der Waals surface area contributed by atoms with Gasteiger partial charge in [0.05, 0.1) is 0 Å². The van der Waals surface area contributed by atoms with Gasteiger partial charge in [-0.2, -0.15) is 0 Å². The highest BCUT2D eigenvalue weighted by Crippen LogP contribution is 2.22. The predicted octanol–water partition coefficient (Wildman–Crippen LogP) is 2.00. The van der Waals surface area contributed by atoms with E-state index in [1.807, 2.05) is 6.07 Å². The molecule has 0 atom stereocenters. The lowest BCUT2D eigenvalue weighted by molar-refractivity contribution is 0.0682. The Morgan fingerprint density at radius 2 is 1.71 bits per heavy atom. The number of nitrogens with zero attached hydrogens (tertiary/aromatic N) is 2. The maximum atomic E-state index is 9.75. The average Bonchev–Trinajstić information content (AvgIpc) is 2.01. The highest BCUT2D eigenvalue weighted by molar-refractivity contribution is 5.14. The van der Waals surface area contributed by atoms with Gasteiger partial charge in [0.15, 0.2) is 5.82 Å². The second kappa shape index (κ2) is 3.31. The van der Waals surface area contributed by atoms with Crippen molar-refractivity contribution in [3.8, 4) is 0 Å². The van der Waals surface area contributed by atoms with Gasteiger partial charge >= 0.3 is 0 Å². The van der Waals surface area contributed by atoms with Gasteiger partial charge in [-0.1, -0.05) is 20.8 Å². The second-order valence-corrected chi connectivity index (χ2v) is 5.07. The first-order chi connectivity index (χ1) is 6.21. The Bertz CT molecular complexity index is 292. The predicted molar refractivity (Wildman–Crippen MR) is 56.0 cm³/mol. The molecule has 0 unspecified atom stereocenters. The van der Waals surface area contributed by atoms with Crippen molar-refractivity contribution >= 4 is 0 Å². The van der Waals surface area contributed by atoms with E-state index < -0.39 is 5.60 Å². The third-order valence-electron chi connectivity index (χ3n) is 1.97. The van der Waals surface area contributed by atoms with Gasteiger partial charge in [-0.05, 0) is 19.9 Å². The number of aliphatic hydroxyl groups is 1. The van der Waals surface area contributed by atoms with Gasteiger partial charge in [-0.25, -0.2) is 9.97 Å². The molecule has 0 spiro atoms. The number of rotatable bonds is 1. The van der Waals surface area contributed by atoms with Crippen LogP contribution >= 0.6 is 0 Å². The van der Waals surface area contributed by atoms with E-state index in [9.17, 15) is 5.11 Å². The Kier molecular flexibility index (Phi) is 2.63. The zero-order valence-corrected chi connectivity index (χ0v) is 9.50. The van der Waals surface area contributed by atoms with Crippen molar-refractivity contribution in [3.63, 3.8) is 0 Å². The Hall–Kier alpha value is -0.960. The zero-order chi connectivity index (χ0) is 11.0. The van der Waals surface area contributed by atoms with E-state index in [-0.39, 0.29) is 5.41 Å². The molecule has 0 fully saturated rings. The lowest BCUT2D eigenvalue weighted by Crippen LogP contribution is -2.23. The summed E-state index contributed by atoms with van der Waals surface area (Å²) in [7, 11) is 0. The third kappa shape index (κ3) is 2.51. The van der Waals surface area contributed by atoms with Crippen molar-refractivity contribution < 1.29 is 5.11 Å². The minimum Gasteiger partial charge on any atom is -0.382 e. The molecule has 0 saturated carbocycles. The van der Waals surface area contributed by atoms with Crippen LogP contribution in [0.15, 0.2) is 12.3 Å². The van der Waals surface area contributed by atoms with E-state index in [0.717, 1.165) is 5.69 Å². The first-order valence-electron chi connectivity index (χ1n) is 4.77. The molecule has 0 aliphatic heterocycles. The molecule has 0 aliphatic carbocycles. The zero-order valence-electron chi connectivity index (χ0n) is 9.50. The topological polar surface area (TPSA) is 46.0 Å². The Morgan fingerprint density at radius 3 is 2.14 bits per heavy atom. The van der Waals surface area contributed by atoms with Crippen LogP contribution in [0.2, 0.25) is 0 Å². The minimum absolute atomic E-state index is 0.0110. The summed E-state index contributed by atoms with van der Waals surface area (Å²) in [5, 5.41) is 9.75. The van der Waals surface area contributed by atoms with Crippen LogP contribution in [-0.2, 0) is 11.0 Å². The molecule has 1 aromatic rings. The molecular weight excluding hydrogens is 176 g/mol. The molecule has 0 amide bonds. The van der Waals surface area contributed by atoms with E-state index in [2.05, 4.69) is 30.7 Å². The highest BCUT2D eigenvalue weighted by atomic mass is 16.3. The van der Waals surface area contributed by atoms with Crippen LogP contribution in [0.3, 0.4) is 0 Å². The SMILES string of the molecule is CC(C)(C)c1ccnc(C(C)(C)O)n1. The summed E-state index contributed by atoms with van der Waals surface area (Å²) in [5.41, 5.74) is -0.0332. The molecule has 1 rings (SSSR count). The van der Waals surface area contributed by atoms with Gasteiger partial charge in [0, 0.05) is 17.3 Å². The van der Waals surface area contributed by atoms with E-state index in [4.69, 9.17) is 0 Å². The normalized spacial score (nSPS) is 13.0. The van der Waals surface area contributed by atoms with Crippen molar-refractivity contribution in [2.75, 3.05) is 0 Å². The maximum Gasteiger partial charge on any atom is 0.159 e. The molecule has 14 heavy (non-hydrogen) atoms. The quantitative estimate of drug-likeness (QED) is 0.743. The lowest BCUT2D eigenvalue weighted by Gasteiger charge is -2.21. The summed E-state index contributed by atoms with van der Waals surface area (Å²) in [6.07, 6.45) is 1.70. The fraction of sp³-hybridized carbons (Fsp3) is 0.636. The first kappa shape index (κ1) is 11.1. The van der Waals surface area contributed by atoms with Crippen LogP contribution in [0, 0.1) is 0 Å². The Morgan fingerprint density at radius 1 is 1.14 bits per heavy atom. The molecule has 78 valence electrons. The average molecular weight is 194 g/mol. The van der Waals surface area contributed by atoms with Gasteiger partial charge in [0.2, 0.25) is 0 Å². The van der Waals surface area contributed by atoms with Crippen LogP contribution in [0.25, 0.3) is 0 Å². The fourth-order valence-corrected chi connectivity index (χ4v) is 1.07. The molecule has 0 aromatic carbocycles. The van der Waals surface area contributed by atoms with Gasteiger partial charge in [-0.15, -0.1) is 0 Å². The summed E-state index contributed by atoms with van der Waals surface area (Å²) < 4.78 is 0. The minimum atomic E-state index is -0.971. The molecule has 3 heteroatoms. The fourth-order valence-electron chi connectivity index (χ4n) is 1.07. The maximum absolute atomic E-state index is 9.75. The highest BCUT2D eigenvalue weighted by Gasteiger charge is 2.22. The van der Waals surface area contributed by atoms with Crippen molar-refractivity contribution in [1.29, 1.82) is 0 Å². The Balaban J connectivity index is 3.15. The number of hydrogen-bond donors (Lipinski definition) is 1. The summed E-state index contributed by atoms with van der Waals surface area (Å²) >= 11 is 0. The standard InChI is InChI=1S/C11H18N2O/c1-10(2,3)8-6-7-12-9(13-8)11(4,5)14/h6-7,14H,1-5H3. The monoisotopic (exact) mass is 194 g/mol. The Labute approximate surface area is 85.2 Å². The molecule has 0 bridgehead atoms. The second-order valence-electron chi connectivity index (χ2n) is 5.07. The largest absolute Gasteiger partial charge is 0.382 e. The molecule has 1 aromatic heterocycles. The third-order valence-corrected chi connectivity index (χ3v) is 1.97. The summed E-state index contributed by atoms with van der Waals surface area (Å²) in [6.45, 7) is 9.64. The van der Waals surface area contributed by atoms with Crippen molar-refractivity contribution in [3.05, 3.63) is 23.8 Å². The van der Waals surface area contributed by atoms with Crippen molar-refractivity contribution in [2.24, 2.45) is 0 Å². The summed E-state index contributed by atoms with van der Waals surface area (Å²) in [5.74, 6) is 0.477. The van der Waals surface area contributed by atoms with E-state index in [1.165, 1.54) is 0 Å². The molecule has 1 N–H and O–H groups in total. The summed E-state index contributed by atoms with van der Waals surface area (Å²) in [4.78, 5) is 8.42. The van der Waals surface area contributed by atoms with Crippen LogP contribution in [0.1, 0.15) is 46.1 Å². The van der Waals surface area contributed by atoms with E-state index in [1.54, 1.807) is 20.0 Å². The van der Waals surface area contributed by atoms with Crippen LogP contribution < -0.4 is 0 Å². The molecular formula is C11H18N2O. The van der Waals surface area contributed by atoms with Crippen LogP contribution in [0.5, 0.6) is 0 Å². The van der Waals surface area contributed by atoms with Gasteiger partial charge in [0.25, 0.3) is 0 Å². The van der Waals surface area contributed by atoms with Crippen LogP contribution in [-0.4, -0.2) is 15.1 Å². The number of aromatic nitrogens is 2. The molecule has 0 saturated heterocycles. The van der Waals surface area contributed by atoms with Crippen molar-refractivity contribution in [2.45, 2.75) is 45.6 Å². The molecule has 1 heterocycles. The van der Waals surface area contributed by atoms with Gasteiger partial charge in [-0.3, -0.25) is 0 Å². The first-order valence-corrected chi connectivity index (χ1v) is 4.77. The molecule has 3 nitrogen and oxygen atoms in total. The number of hydrogen-bond acceptors (Lipinski definition) is 3. The van der Waals surface area contributed by atoms with Gasteiger partial charge < -0.3 is 5.11 Å². The molecule has 0 aliphatic rings. The van der Waals surface area contributed by atoms with Gasteiger partial charge in [0.1, 0.15) is 5.60 Å². The molecule has 0 radical (unpaired) electrons. The van der Waals surface area contributed by atoms with E-state index in [0.29, 0.717) is 5.82 Å². The lowest BCUT2D eigenvalue weighted by atomic mass is 9.92. The smallest absolute Gasteiger partial charge is 0.159 e. The summed E-state index contributed by atoms with van der Waals surface area (Å²) in [6, 6.07) is 1.88. The van der Waals surface area contributed by atoms with E-state index >= 15 is 0 Å².